The van der Waals surface area contributed by atoms with Crippen molar-refractivity contribution in [2.45, 2.75) is 32.8 Å². The van der Waals surface area contributed by atoms with Crippen molar-refractivity contribution in [1.29, 1.82) is 0 Å². The predicted molar refractivity (Wildman–Crippen MR) is 57.8 cm³/mol. The van der Waals surface area contributed by atoms with Crippen LogP contribution in [-0.4, -0.2) is 22.3 Å². The molecule has 0 amide bonds. The van der Waals surface area contributed by atoms with Gasteiger partial charge in [0, 0.05) is 11.5 Å². The van der Waals surface area contributed by atoms with Gasteiger partial charge in [0.25, 0.3) is 0 Å². The number of carbonyl (C=O) groups is 1. The molecule has 4 heteroatoms. The van der Waals surface area contributed by atoms with Gasteiger partial charge in [-0.25, -0.2) is 4.79 Å². The maximum atomic E-state index is 11.7. The summed E-state index contributed by atoms with van der Waals surface area (Å²) in [5, 5.41) is 19.5. The highest BCUT2D eigenvalue weighted by Gasteiger charge is 2.33. The molecule has 2 atom stereocenters. The second-order valence-electron chi connectivity index (χ2n) is 4.23. The van der Waals surface area contributed by atoms with Gasteiger partial charge in [0.2, 0.25) is 0 Å². The van der Waals surface area contributed by atoms with Crippen LogP contribution in [0.2, 0.25) is 0 Å². The van der Waals surface area contributed by atoms with Crippen LogP contribution in [0.15, 0.2) is 6.07 Å². The number of phenols is 2. The van der Waals surface area contributed by atoms with E-state index in [1.807, 2.05) is 6.92 Å². The third kappa shape index (κ3) is 1.33. The Morgan fingerprint density at radius 3 is 2.56 bits per heavy atom. The Kier molecular flexibility index (Phi) is 2.30. The molecule has 0 saturated carbocycles. The van der Waals surface area contributed by atoms with E-state index in [0.717, 1.165) is 0 Å². The summed E-state index contributed by atoms with van der Waals surface area (Å²) in [6.45, 7) is 5.24. The molecule has 1 aliphatic rings. The molecule has 0 fully saturated rings. The first-order chi connectivity index (χ1) is 7.43. The molecule has 16 heavy (non-hydrogen) atoms. The summed E-state index contributed by atoms with van der Waals surface area (Å²) < 4.78 is 5.12. The van der Waals surface area contributed by atoms with Crippen molar-refractivity contribution in [3.8, 4) is 11.5 Å². The number of fused-ring (bicyclic) bond motifs is 1. The second kappa shape index (κ2) is 3.40. The zero-order valence-electron chi connectivity index (χ0n) is 9.44. The highest BCUT2D eigenvalue weighted by atomic mass is 16.5. The van der Waals surface area contributed by atoms with Crippen LogP contribution in [0.1, 0.15) is 41.3 Å². The first-order valence-corrected chi connectivity index (χ1v) is 5.20. The van der Waals surface area contributed by atoms with Crippen LogP contribution in [0.3, 0.4) is 0 Å². The highest BCUT2D eigenvalue weighted by Crippen LogP contribution is 2.40. The van der Waals surface area contributed by atoms with Gasteiger partial charge in [-0.2, -0.15) is 0 Å². The van der Waals surface area contributed by atoms with E-state index < -0.39 is 5.97 Å². The molecular weight excluding hydrogens is 208 g/mol. The summed E-state index contributed by atoms with van der Waals surface area (Å²) in [4.78, 5) is 11.7. The number of cyclic esters (lactones) is 1. The van der Waals surface area contributed by atoms with Crippen LogP contribution < -0.4 is 0 Å². The molecule has 0 spiro atoms. The third-order valence-electron chi connectivity index (χ3n) is 3.25. The molecule has 1 heterocycles. The van der Waals surface area contributed by atoms with E-state index in [4.69, 9.17) is 4.74 Å². The van der Waals surface area contributed by atoms with Crippen molar-refractivity contribution in [1.82, 2.24) is 0 Å². The van der Waals surface area contributed by atoms with Crippen molar-refractivity contribution in [3.63, 3.8) is 0 Å². The fourth-order valence-electron chi connectivity index (χ4n) is 1.93. The van der Waals surface area contributed by atoms with Gasteiger partial charge in [-0.15, -0.1) is 0 Å². The molecule has 0 aromatic heterocycles. The number of hydrogen-bond acceptors (Lipinski definition) is 4. The molecule has 1 aromatic rings. The molecule has 0 aliphatic carbocycles. The molecular formula is C12H14O4. The van der Waals surface area contributed by atoms with Crippen molar-refractivity contribution >= 4 is 5.97 Å². The minimum absolute atomic E-state index is 0.00463. The van der Waals surface area contributed by atoms with Crippen LogP contribution >= 0.6 is 0 Å². The van der Waals surface area contributed by atoms with Crippen molar-refractivity contribution in [2.24, 2.45) is 0 Å². The number of phenolic OH excluding ortho intramolecular Hbond substituents is 2. The Morgan fingerprint density at radius 2 is 1.94 bits per heavy atom. The molecule has 0 bridgehead atoms. The summed E-state index contributed by atoms with van der Waals surface area (Å²) in [6, 6.07) is 1.53. The highest BCUT2D eigenvalue weighted by molar-refractivity contribution is 5.96. The van der Waals surface area contributed by atoms with E-state index in [1.54, 1.807) is 13.8 Å². The van der Waals surface area contributed by atoms with Crippen molar-refractivity contribution in [2.75, 3.05) is 0 Å². The Labute approximate surface area is 93.5 Å². The van der Waals surface area contributed by atoms with Gasteiger partial charge in [-0.3, -0.25) is 0 Å². The van der Waals surface area contributed by atoms with Gasteiger partial charge in [-0.05, 0) is 25.5 Å². The molecule has 2 N–H and O–H groups in total. The van der Waals surface area contributed by atoms with E-state index in [1.165, 1.54) is 6.07 Å². The van der Waals surface area contributed by atoms with Crippen LogP contribution in [0.4, 0.5) is 0 Å². The van der Waals surface area contributed by atoms with Crippen LogP contribution in [-0.2, 0) is 4.74 Å². The molecule has 4 nitrogen and oxygen atoms in total. The summed E-state index contributed by atoms with van der Waals surface area (Å²) >= 11 is 0. The predicted octanol–water partition coefficient (Wildman–Crippen LogP) is 2.07. The topological polar surface area (TPSA) is 66.8 Å². The first kappa shape index (κ1) is 10.8. The van der Waals surface area contributed by atoms with E-state index >= 15 is 0 Å². The molecule has 86 valence electrons. The summed E-state index contributed by atoms with van der Waals surface area (Å²) in [5.41, 5.74) is 1.13. The monoisotopic (exact) mass is 222 g/mol. The standard InChI is InChI=1S/C12H14O4/c1-5-7(3)16-12(15)10-8(5)4-9(13)6(2)11(10)14/h4-5,7,13-14H,1-3H3/t5-,7+/m1/s1. The number of benzene rings is 1. The Hall–Kier alpha value is -1.71. The minimum atomic E-state index is -0.527. The zero-order valence-corrected chi connectivity index (χ0v) is 9.44. The van der Waals surface area contributed by atoms with E-state index in [0.29, 0.717) is 11.1 Å². The molecule has 0 unspecified atom stereocenters. The molecule has 0 radical (unpaired) electrons. The Balaban J connectivity index is 2.72. The number of hydrogen-bond donors (Lipinski definition) is 2. The lowest BCUT2D eigenvalue weighted by Gasteiger charge is -2.29. The number of aromatic hydroxyl groups is 2. The zero-order chi connectivity index (χ0) is 12.0. The lowest BCUT2D eigenvalue weighted by molar-refractivity contribution is 0.0236. The fraction of sp³-hybridized carbons (Fsp3) is 0.417. The lowest BCUT2D eigenvalue weighted by Crippen LogP contribution is -2.28. The van der Waals surface area contributed by atoms with Gasteiger partial charge < -0.3 is 14.9 Å². The Bertz CT molecular complexity index is 465. The van der Waals surface area contributed by atoms with E-state index in [2.05, 4.69) is 0 Å². The van der Waals surface area contributed by atoms with E-state index in [9.17, 15) is 15.0 Å². The smallest absolute Gasteiger partial charge is 0.342 e. The molecule has 1 aromatic carbocycles. The average molecular weight is 222 g/mol. The number of ether oxygens (including phenoxy) is 1. The minimum Gasteiger partial charge on any atom is -0.508 e. The van der Waals surface area contributed by atoms with Gasteiger partial charge in [-0.1, -0.05) is 6.92 Å². The van der Waals surface area contributed by atoms with Gasteiger partial charge >= 0.3 is 5.97 Å². The summed E-state index contributed by atoms with van der Waals surface area (Å²) in [6.07, 6.45) is -0.249. The molecule has 2 rings (SSSR count). The van der Waals surface area contributed by atoms with Crippen LogP contribution in [0, 0.1) is 6.92 Å². The fourth-order valence-corrected chi connectivity index (χ4v) is 1.93. The molecule has 0 saturated heterocycles. The third-order valence-corrected chi connectivity index (χ3v) is 3.25. The summed E-state index contributed by atoms with van der Waals surface area (Å²) in [7, 11) is 0. The normalized spacial score (nSPS) is 23.8. The number of carbonyl (C=O) groups excluding carboxylic acids is 1. The maximum Gasteiger partial charge on any atom is 0.342 e. The maximum absolute atomic E-state index is 11.7. The first-order valence-electron chi connectivity index (χ1n) is 5.20. The number of esters is 1. The SMILES string of the molecule is Cc1c(O)cc2c(c1O)C(=O)O[C@@H](C)[C@H]2C. The van der Waals surface area contributed by atoms with Crippen LogP contribution in [0.25, 0.3) is 0 Å². The van der Waals surface area contributed by atoms with Crippen molar-refractivity contribution < 1.29 is 19.7 Å². The summed E-state index contributed by atoms with van der Waals surface area (Å²) in [5.74, 6) is -0.741. The number of rotatable bonds is 0. The second-order valence-corrected chi connectivity index (χ2v) is 4.23. The lowest BCUT2D eigenvalue weighted by atomic mass is 9.87. The quantitative estimate of drug-likeness (QED) is 0.659. The van der Waals surface area contributed by atoms with Gasteiger partial charge in [0.05, 0.1) is 0 Å². The molecule has 1 aliphatic heterocycles. The van der Waals surface area contributed by atoms with Gasteiger partial charge in [0.1, 0.15) is 23.2 Å². The van der Waals surface area contributed by atoms with Crippen molar-refractivity contribution in [3.05, 3.63) is 22.8 Å². The average Bonchev–Trinajstić information content (AvgIpc) is 2.22. The largest absolute Gasteiger partial charge is 0.508 e. The Morgan fingerprint density at radius 1 is 1.31 bits per heavy atom. The van der Waals surface area contributed by atoms with Gasteiger partial charge in [0.15, 0.2) is 0 Å². The van der Waals surface area contributed by atoms with Crippen LogP contribution in [0.5, 0.6) is 11.5 Å². The van der Waals surface area contributed by atoms with E-state index in [-0.39, 0.29) is 29.1 Å².